The van der Waals surface area contributed by atoms with Crippen molar-refractivity contribution < 1.29 is 0 Å². The molecule has 0 aliphatic rings. The zero-order valence-electron chi connectivity index (χ0n) is 7.31. The van der Waals surface area contributed by atoms with Gasteiger partial charge in [0.05, 0.1) is 11.4 Å². The maximum Gasteiger partial charge on any atom is 0.138 e. The lowest BCUT2D eigenvalue weighted by atomic mass is 10.2. The van der Waals surface area contributed by atoms with Crippen molar-refractivity contribution in [1.82, 2.24) is 14.8 Å². The molecule has 0 bridgehead atoms. The molecule has 0 aliphatic carbocycles. The first kappa shape index (κ1) is 7.79. The number of nitrogen functional groups attached to an aromatic ring is 1. The summed E-state index contributed by atoms with van der Waals surface area (Å²) in [5.41, 5.74) is 8.53. The molecule has 2 aromatic rings. The van der Waals surface area contributed by atoms with Gasteiger partial charge in [-0.1, -0.05) is 12.1 Å². The number of hydrogen-bond acceptors (Lipinski definition) is 3. The fraction of sp³-hybridized carbons (Fsp3) is 0.111. The quantitative estimate of drug-likeness (QED) is 0.660. The molecule has 0 saturated carbocycles. The molecule has 0 atom stereocenters. The zero-order valence-corrected chi connectivity index (χ0v) is 7.31. The molecule has 0 radical (unpaired) electrons. The lowest BCUT2D eigenvalue weighted by molar-refractivity contribution is 0.874. The first-order valence-corrected chi connectivity index (χ1v) is 3.99. The van der Waals surface area contributed by atoms with Gasteiger partial charge < -0.3 is 5.73 Å². The molecule has 2 rings (SSSR count). The fourth-order valence-corrected chi connectivity index (χ4v) is 1.32. The van der Waals surface area contributed by atoms with E-state index >= 15 is 0 Å². The highest BCUT2D eigenvalue weighted by Crippen LogP contribution is 2.19. The summed E-state index contributed by atoms with van der Waals surface area (Å²) in [6, 6.07) is 5.77. The van der Waals surface area contributed by atoms with Gasteiger partial charge in [0.2, 0.25) is 0 Å². The number of para-hydroxylation sites is 1. The van der Waals surface area contributed by atoms with E-state index in [1.54, 1.807) is 11.0 Å². The molecule has 0 aliphatic heterocycles. The second kappa shape index (κ2) is 2.90. The van der Waals surface area contributed by atoms with E-state index in [1.165, 1.54) is 6.33 Å². The number of anilines is 1. The molecule has 0 fully saturated rings. The van der Waals surface area contributed by atoms with Crippen LogP contribution in [0, 0.1) is 6.92 Å². The summed E-state index contributed by atoms with van der Waals surface area (Å²) in [7, 11) is 0. The van der Waals surface area contributed by atoms with Gasteiger partial charge in [0.15, 0.2) is 0 Å². The average molecular weight is 174 g/mol. The molecule has 66 valence electrons. The van der Waals surface area contributed by atoms with E-state index in [-0.39, 0.29) is 0 Å². The summed E-state index contributed by atoms with van der Waals surface area (Å²) in [6.07, 6.45) is 3.13. The van der Waals surface area contributed by atoms with Gasteiger partial charge in [0.25, 0.3) is 0 Å². The van der Waals surface area contributed by atoms with Gasteiger partial charge in [0, 0.05) is 0 Å². The third kappa shape index (κ3) is 1.26. The summed E-state index contributed by atoms with van der Waals surface area (Å²) >= 11 is 0. The largest absolute Gasteiger partial charge is 0.397 e. The summed E-state index contributed by atoms with van der Waals surface area (Å²) in [4.78, 5) is 3.88. The van der Waals surface area contributed by atoms with Crippen LogP contribution in [0.15, 0.2) is 30.9 Å². The van der Waals surface area contributed by atoms with E-state index in [1.807, 2.05) is 25.1 Å². The van der Waals surface area contributed by atoms with Crippen molar-refractivity contribution in [2.24, 2.45) is 0 Å². The van der Waals surface area contributed by atoms with Crippen molar-refractivity contribution in [1.29, 1.82) is 0 Å². The van der Waals surface area contributed by atoms with Gasteiger partial charge in [-0.25, -0.2) is 9.67 Å². The Balaban J connectivity index is 2.64. The second-order valence-corrected chi connectivity index (χ2v) is 2.85. The van der Waals surface area contributed by atoms with Gasteiger partial charge in [-0.3, -0.25) is 0 Å². The highest BCUT2D eigenvalue weighted by atomic mass is 15.3. The van der Waals surface area contributed by atoms with Crippen molar-refractivity contribution in [3.8, 4) is 5.69 Å². The van der Waals surface area contributed by atoms with E-state index in [4.69, 9.17) is 5.73 Å². The average Bonchev–Trinajstić information content (AvgIpc) is 2.57. The maximum absolute atomic E-state index is 5.82. The minimum atomic E-state index is 0.713. The van der Waals surface area contributed by atoms with E-state index in [0.717, 1.165) is 11.3 Å². The van der Waals surface area contributed by atoms with Crippen LogP contribution in [-0.2, 0) is 0 Å². The van der Waals surface area contributed by atoms with Crippen LogP contribution in [0.25, 0.3) is 5.69 Å². The highest BCUT2D eigenvalue weighted by Gasteiger charge is 2.04. The standard InChI is InChI=1S/C9H10N4/c1-7-3-2-4-8(10)9(7)13-6-11-5-12-13/h2-6H,10H2,1H3. The van der Waals surface area contributed by atoms with Crippen molar-refractivity contribution >= 4 is 5.69 Å². The third-order valence-electron chi connectivity index (χ3n) is 1.92. The van der Waals surface area contributed by atoms with E-state index < -0.39 is 0 Å². The zero-order chi connectivity index (χ0) is 9.26. The van der Waals surface area contributed by atoms with E-state index in [9.17, 15) is 0 Å². The molecule has 4 nitrogen and oxygen atoms in total. The minimum absolute atomic E-state index is 0.713. The number of aromatic nitrogens is 3. The molecule has 1 aromatic heterocycles. The van der Waals surface area contributed by atoms with E-state index in [2.05, 4.69) is 10.1 Å². The number of aryl methyl sites for hydroxylation is 1. The summed E-state index contributed by atoms with van der Waals surface area (Å²) < 4.78 is 1.67. The van der Waals surface area contributed by atoms with Gasteiger partial charge in [-0.15, -0.1) is 0 Å². The van der Waals surface area contributed by atoms with Crippen LogP contribution in [-0.4, -0.2) is 14.8 Å². The molecular weight excluding hydrogens is 164 g/mol. The molecule has 4 heteroatoms. The SMILES string of the molecule is Cc1cccc(N)c1-n1cncn1. The van der Waals surface area contributed by atoms with Crippen molar-refractivity contribution in [2.45, 2.75) is 6.92 Å². The Hall–Kier alpha value is -1.84. The Morgan fingerprint density at radius 3 is 2.85 bits per heavy atom. The topological polar surface area (TPSA) is 56.7 Å². The van der Waals surface area contributed by atoms with Crippen LogP contribution in [0.4, 0.5) is 5.69 Å². The fourth-order valence-electron chi connectivity index (χ4n) is 1.32. The Labute approximate surface area is 76.0 Å². The molecule has 0 amide bonds. The van der Waals surface area contributed by atoms with Gasteiger partial charge in [-0.05, 0) is 18.6 Å². The Morgan fingerprint density at radius 2 is 2.23 bits per heavy atom. The lowest BCUT2D eigenvalue weighted by Gasteiger charge is -2.07. The highest BCUT2D eigenvalue weighted by molar-refractivity contribution is 5.60. The molecule has 13 heavy (non-hydrogen) atoms. The van der Waals surface area contributed by atoms with E-state index in [0.29, 0.717) is 5.69 Å². The van der Waals surface area contributed by atoms with Gasteiger partial charge in [-0.2, -0.15) is 5.10 Å². The third-order valence-corrected chi connectivity index (χ3v) is 1.92. The Bertz CT molecular complexity index is 385. The second-order valence-electron chi connectivity index (χ2n) is 2.85. The number of hydrogen-bond donors (Lipinski definition) is 1. The number of rotatable bonds is 1. The van der Waals surface area contributed by atoms with Crippen LogP contribution in [0.3, 0.4) is 0 Å². The molecule has 0 spiro atoms. The van der Waals surface area contributed by atoms with Gasteiger partial charge >= 0.3 is 0 Å². The van der Waals surface area contributed by atoms with Crippen molar-refractivity contribution in [3.63, 3.8) is 0 Å². The van der Waals surface area contributed by atoms with Crippen LogP contribution in [0.2, 0.25) is 0 Å². The first-order chi connectivity index (χ1) is 6.29. The Kier molecular flexibility index (Phi) is 1.73. The molecule has 0 saturated heterocycles. The number of nitrogens with two attached hydrogens (primary N) is 1. The van der Waals surface area contributed by atoms with Crippen molar-refractivity contribution in [3.05, 3.63) is 36.4 Å². The normalized spacial score (nSPS) is 10.2. The van der Waals surface area contributed by atoms with Gasteiger partial charge in [0.1, 0.15) is 12.7 Å². The number of nitrogens with zero attached hydrogens (tertiary/aromatic N) is 3. The smallest absolute Gasteiger partial charge is 0.138 e. The first-order valence-electron chi connectivity index (χ1n) is 3.99. The molecule has 0 unspecified atom stereocenters. The monoisotopic (exact) mass is 174 g/mol. The molecule has 1 heterocycles. The van der Waals surface area contributed by atoms with Crippen LogP contribution >= 0.6 is 0 Å². The van der Waals surface area contributed by atoms with Crippen LogP contribution in [0.1, 0.15) is 5.56 Å². The molecular formula is C9H10N4. The summed E-state index contributed by atoms with van der Waals surface area (Å²) in [5.74, 6) is 0. The maximum atomic E-state index is 5.82. The molecule has 2 N–H and O–H groups in total. The summed E-state index contributed by atoms with van der Waals surface area (Å²) in [6.45, 7) is 1.99. The number of benzene rings is 1. The van der Waals surface area contributed by atoms with Crippen LogP contribution in [0.5, 0.6) is 0 Å². The predicted octanol–water partition coefficient (Wildman–Crippen LogP) is 1.16. The van der Waals surface area contributed by atoms with Crippen LogP contribution < -0.4 is 5.73 Å². The lowest BCUT2D eigenvalue weighted by Crippen LogP contribution is -2.02. The minimum Gasteiger partial charge on any atom is -0.397 e. The van der Waals surface area contributed by atoms with Crippen molar-refractivity contribution in [2.75, 3.05) is 5.73 Å². The Morgan fingerprint density at radius 1 is 1.38 bits per heavy atom. The molecule has 1 aromatic carbocycles. The summed E-state index contributed by atoms with van der Waals surface area (Å²) in [5, 5.41) is 4.03. The predicted molar refractivity (Wildman–Crippen MR) is 50.5 cm³/mol.